The molecule has 0 spiro atoms. The molecule has 0 amide bonds. The zero-order chi connectivity index (χ0) is 19.1. The predicted molar refractivity (Wildman–Crippen MR) is 114 cm³/mol. The van der Waals surface area contributed by atoms with Crippen LogP contribution in [0.15, 0.2) is 35.4 Å². The summed E-state index contributed by atoms with van der Waals surface area (Å²) in [5.41, 5.74) is 15.9. The van der Waals surface area contributed by atoms with Gasteiger partial charge in [-0.2, -0.15) is 0 Å². The van der Waals surface area contributed by atoms with Gasteiger partial charge in [-0.3, -0.25) is 0 Å². The van der Waals surface area contributed by atoms with Crippen LogP contribution in [0.4, 0.5) is 0 Å². The van der Waals surface area contributed by atoms with Crippen molar-refractivity contribution in [2.45, 2.75) is 57.1 Å². The summed E-state index contributed by atoms with van der Waals surface area (Å²) in [4.78, 5) is 0. The second kappa shape index (κ2) is 5.90. The monoisotopic (exact) mass is 432 g/mol. The van der Waals surface area contributed by atoms with Crippen LogP contribution in [0.25, 0.3) is 12.2 Å². The van der Waals surface area contributed by atoms with Crippen LogP contribution in [0, 0.1) is 27.7 Å². The Balaban J connectivity index is 1.70. The molecule has 1 aliphatic heterocycles. The summed E-state index contributed by atoms with van der Waals surface area (Å²) in [5.74, 6) is 0. The zero-order valence-electron chi connectivity index (χ0n) is 17.5. The van der Waals surface area contributed by atoms with Crippen LogP contribution < -0.4 is 0 Å². The minimum absolute atomic E-state index is 0.786. The van der Waals surface area contributed by atoms with E-state index in [0.717, 1.165) is 7.25 Å². The van der Waals surface area contributed by atoms with Gasteiger partial charge in [0.2, 0.25) is 0 Å². The van der Waals surface area contributed by atoms with Crippen LogP contribution in [-0.4, -0.2) is 0 Å². The number of allylic oxidation sites excluding steroid dienone is 2. The number of fused-ring (bicyclic) bond motifs is 2. The normalized spacial score (nSPS) is 24.4. The minimum atomic E-state index is -2.40. The van der Waals surface area contributed by atoms with E-state index in [-0.39, 0.29) is 0 Å². The summed E-state index contributed by atoms with van der Waals surface area (Å²) in [6.45, 7) is 14.1. The number of aryl methyl sites for hydroxylation is 4. The molecule has 5 rings (SSSR count). The Labute approximate surface area is 168 Å². The molecule has 1 saturated heterocycles. The van der Waals surface area contributed by atoms with E-state index in [1.54, 1.807) is 41.7 Å². The van der Waals surface area contributed by atoms with E-state index in [1.807, 2.05) is 0 Å². The summed E-state index contributed by atoms with van der Waals surface area (Å²) in [6.07, 6.45) is 5.08. The first-order valence-corrected chi connectivity index (χ1v) is 16.7. The topological polar surface area (TPSA) is 0 Å². The molecular formula is C26H30Zr. The maximum atomic E-state index is 2.54. The van der Waals surface area contributed by atoms with Crippen LogP contribution in [0.3, 0.4) is 0 Å². The van der Waals surface area contributed by atoms with Crippen molar-refractivity contribution in [1.82, 2.24) is 0 Å². The molecule has 0 radical (unpaired) electrons. The van der Waals surface area contributed by atoms with Gasteiger partial charge in [-0.25, -0.2) is 0 Å². The molecule has 2 unspecified atom stereocenters. The zero-order valence-corrected chi connectivity index (χ0v) is 20.0. The number of benzene rings is 2. The van der Waals surface area contributed by atoms with Gasteiger partial charge in [-0.15, -0.1) is 0 Å². The van der Waals surface area contributed by atoms with Crippen molar-refractivity contribution >= 4 is 12.2 Å². The molecule has 1 fully saturated rings. The van der Waals surface area contributed by atoms with E-state index in [0.29, 0.717) is 0 Å². The molecule has 2 atom stereocenters. The van der Waals surface area contributed by atoms with Gasteiger partial charge in [0, 0.05) is 0 Å². The average Bonchev–Trinajstić information content (AvgIpc) is 3.19. The molecule has 0 N–H and O–H groups in total. The molecule has 27 heavy (non-hydrogen) atoms. The fourth-order valence-electron chi connectivity index (χ4n) is 6.31. The summed E-state index contributed by atoms with van der Waals surface area (Å²) < 4.78 is 4.68. The Kier molecular flexibility index (Phi) is 3.91. The Morgan fingerprint density at radius 2 is 0.963 bits per heavy atom. The Hall–Kier alpha value is -1.20. The second-order valence-electron chi connectivity index (χ2n) is 9.43. The van der Waals surface area contributed by atoms with Gasteiger partial charge in [0.1, 0.15) is 0 Å². The predicted octanol–water partition coefficient (Wildman–Crippen LogP) is 7.54. The van der Waals surface area contributed by atoms with E-state index < -0.39 is 20.3 Å². The molecule has 0 aromatic heterocycles. The van der Waals surface area contributed by atoms with Crippen molar-refractivity contribution in [1.29, 1.82) is 0 Å². The van der Waals surface area contributed by atoms with Crippen molar-refractivity contribution in [3.05, 3.63) is 79.9 Å². The van der Waals surface area contributed by atoms with Crippen LogP contribution >= 0.6 is 0 Å². The Morgan fingerprint density at radius 3 is 1.33 bits per heavy atom. The Bertz CT molecular complexity index is 965. The fourth-order valence-corrected chi connectivity index (χ4v) is 24.4. The molecule has 2 aliphatic carbocycles. The third-order valence-corrected chi connectivity index (χ3v) is 21.0. The molecule has 0 saturated carbocycles. The van der Waals surface area contributed by atoms with Crippen LogP contribution in [-0.2, 0) is 20.3 Å². The molecule has 2 aromatic rings. The van der Waals surface area contributed by atoms with Crippen molar-refractivity contribution in [3.63, 3.8) is 0 Å². The molecule has 138 valence electrons. The fraction of sp³-hybridized carbons (Fsp3) is 0.385. The quantitative estimate of drug-likeness (QED) is 0.459. The van der Waals surface area contributed by atoms with E-state index in [4.69, 9.17) is 0 Å². The first kappa shape index (κ1) is 17.9. The van der Waals surface area contributed by atoms with Gasteiger partial charge in [0.05, 0.1) is 0 Å². The Morgan fingerprint density at radius 1 is 0.593 bits per heavy atom. The summed E-state index contributed by atoms with van der Waals surface area (Å²) in [7, 11) is 0. The number of hydrogen-bond donors (Lipinski definition) is 0. The van der Waals surface area contributed by atoms with Crippen LogP contribution in [0.5, 0.6) is 0 Å². The van der Waals surface area contributed by atoms with Crippen molar-refractivity contribution in [2.24, 2.45) is 0 Å². The van der Waals surface area contributed by atoms with Gasteiger partial charge in [0.15, 0.2) is 0 Å². The second-order valence-corrected chi connectivity index (χ2v) is 20.8. The van der Waals surface area contributed by atoms with E-state index in [1.165, 1.54) is 22.3 Å². The molecule has 0 nitrogen and oxygen atoms in total. The average molecular weight is 434 g/mol. The summed E-state index contributed by atoms with van der Waals surface area (Å²) in [6, 6.07) is 9.38. The first-order chi connectivity index (χ1) is 12.8. The molecule has 3 aliphatic rings. The number of hydrogen-bond acceptors (Lipinski definition) is 0. The molecule has 1 heteroatoms. The molecule has 0 bridgehead atoms. The summed E-state index contributed by atoms with van der Waals surface area (Å²) >= 11 is -2.40. The molecule has 1 heterocycles. The standard InChI is InChI=1S/2C12H13.C2H4.Zr/c2*1-8-6-11-9(2)4-5-10(3)12(11)7-8;1-2;/h2*4-7H,1-3H3;1-2H2;. The van der Waals surface area contributed by atoms with Gasteiger partial charge in [-0.05, 0) is 0 Å². The van der Waals surface area contributed by atoms with Crippen LogP contribution in [0.1, 0.15) is 65.6 Å². The van der Waals surface area contributed by atoms with Crippen molar-refractivity contribution < 1.29 is 20.3 Å². The van der Waals surface area contributed by atoms with Crippen molar-refractivity contribution in [3.8, 4) is 0 Å². The SMILES string of the molecule is CC1=Cc2c(C)ccc(C)c2[CH]1[Zr]1([CH]2C(C)=Cc3c(C)ccc(C)c32)[CH2][CH2]1. The van der Waals surface area contributed by atoms with Gasteiger partial charge in [0.25, 0.3) is 0 Å². The van der Waals surface area contributed by atoms with Crippen LogP contribution in [0.2, 0.25) is 8.26 Å². The van der Waals surface area contributed by atoms with Crippen molar-refractivity contribution in [2.75, 3.05) is 0 Å². The maximum absolute atomic E-state index is 2.54. The van der Waals surface area contributed by atoms with Gasteiger partial charge in [-0.1, -0.05) is 0 Å². The summed E-state index contributed by atoms with van der Waals surface area (Å²) in [5, 5.41) is 0. The molecule has 2 aromatic carbocycles. The van der Waals surface area contributed by atoms with Gasteiger partial charge < -0.3 is 0 Å². The number of rotatable bonds is 2. The van der Waals surface area contributed by atoms with E-state index in [2.05, 4.69) is 78.0 Å². The van der Waals surface area contributed by atoms with E-state index in [9.17, 15) is 0 Å². The van der Waals surface area contributed by atoms with Gasteiger partial charge >= 0.3 is 169 Å². The molecular weight excluding hydrogens is 404 g/mol. The first-order valence-electron chi connectivity index (χ1n) is 10.4. The van der Waals surface area contributed by atoms with E-state index >= 15 is 0 Å². The third kappa shape index (κ3) is 2.37. The third-order valence-electron chi connectivity index (χ3n) is 7.66.